The maximum atomic E-state index is 12.5. The van der Waals surface area contributed by atoms with Crippen molar-refractivity contribution in [3.8, 4) is 11.5 Å². The molecule has 0 aliphatic heterocycles. The zero-order chi connectivity index (χ0) is 21.0. The number of benzene rings is 2. The first-order valence-electron chi connectivity index (χ1n) is 9.20. The van der Waals surface area contributed by atoms with Crippen molar-refractivity contribution >= 4 is 21.8 Å². The lowest BCUT2D eigenvalue weighted by molar-refractivity contribution is 0.0951. The van der Waals surface area contributed by atoms with Gasteiger partial charge in [0.15, 0.2) is 11.5 Å². The number of hydrogen-bond acceptors (Lipinski definition) is 4. The molecule has 0 saturated heterocycles. The molecule has 0 fully saturated rings. The van der Waals surface area contributed by atoms with Gasteiger partial charge in [0.25, 0.3) is 5.91 Å². The summed E-state index contributed by atoms with van der Waals surface area (Å²) in [6.07, 6.45) is 0. The monoisotopic (exact) mass is 457 g/mol. The molecule has 0 spiro atoms. The molecule has 6 nitrogen and oxygen atoms in total. The van der Waals surface area contributed by atoms with Crippen LogP contribution in [-0.4, -0.2) is 29.9 Å². The van der Waals surface area contributed by atoms with Crippen LogP contribution in [0.5, 0.6) is 11.5 Å². The van der Waals surface area contributed by atoms with Crippen molar-refractivity contribution in [2.24, 2.45) is 0 Å². The molecule has 1 N–H and O–H groups in total. The molecule has 3 rings (SSSR count). The molecular weight excluding hydrogens is 434 g/mol. The van der Waals surface area contributed by atoms with E-state index in [2.05, 4.69) is 26.3 Å². The molecule has 0 radical (unpaired) electrons. The normalized spacial score (nSPS) is 10.7. The van der Waals surface area contributed by atoms with E-state index in [9.17, 15) is 4.79 Å². The first kappa shape index (κ1) is 20.9. The molecule has 152 valence electrons. The minimum atomic E-state index is -0.125. The van der Waals surface area contributed by atoms with Gasteiger partial charge >= 0.3 is 0 Å². The third kappa shape index (κ3) is 4.79. The molecule has 0 atom stereocenters. The smallest absolute Gasteiger partial charge is 0.251 e. The molecule has 1 heterocycles. The standard InChI is InChI=1S/C22H24BrN3O3/c1-14-21(23)15(2)26(25-14)13-16-5-8-18(9-6-16)22(27)24-12-17-7-10-19(28-3)20(11-17)29-4/h5-11H,12-13H2,1-4H3,(H,24,27). The Kier molecular flexibility index (Phi) is 6.59. The van der Waals surface area contributed by atoms with Crippen LogP contribution in [-0.2, 0) is 13.1 Å². The van der Waals surface area contributed by atoms with Gasteiger partial charge in [0.05, 0.1) is 36.6 Å². The van der Waals surface area contributed by atoms with Gasteiger partial charge in [0, 0.05) is 12.1 Å². The number of ether oxygens (including phenoxy) is 2. The highest BCUT2D eigenvalue weighted by Gasteiger charge is 2.11. The number of carbonyl (C=O) groups is 1. The van der Waals surface area contributed by atoms with Crippen LogP contribution >= 0.6 is 15.9 Å². The van der Waals surface area contributed by atoms with Gasteiger partial charge in [-0.15, -0.1) is 0 Å². The Bertz CT molecular complexity index is 1010. The van der Waals surface area contributed by atoms with E-state index in [4.69, 9.17) is 9.47 Å². The van der Waals surface area contributed by atoms with Crippen LogP contribution < -0.4 is 14.8 Å². The molecule has 3 aromatic rings. The third-order valence-corrected chi connectivity index (χ3v) is 5.89. The molecular formula is C22H24BrN3O3. The highest BCUT2D eigenvalue weighted by molar-refractivity contribution is 9.10. The Morgan fingerprint density at radius 3 is 2.28 bits per heavy atom. The van der Waals surface area contributed by atoms with Gasteiger partial charge in [-0.25, -0.2) is 0 Å². The quantitative estimate of drug-likeness (QED) is 0.575. The number of nitrogens with zero attached hydrogens (tertiary/aromatic N) is 2. The maximum absolute atomic E-state index is 12.5. The second-order valence-electron chi connectivity index (χ2n) is 6.71. The van der Waals surface area contributed by atoms with Gasteiger partial charge in [0.1, 0.15) is 0 Å². The van der Waals surface area contributed by atoms with E-state index in [1.807, 2.05) is 61.0 Å². The fraction of sp³-hybridized carbons (Fsp3) is 0.273. The molecule has 0 bridgehead atoms. The maximum Gasteiger partial charge on any atom is 0.251 e. The molecule has 29 heavy (non-hydrogen) atoms. The molecule has 1 aromatic heterocycles. The first-order chi connectivity index (χ1) is 13.9. The molecule has 0 saturated carbocycles. The Labute approximate surface area is 179 Å². The highest BCUT2D eigenvalue weighted by Crippen LogP contribution is 2.27. The summed E-state index contributed by atoms with van der Waals surface area (Å²) >= 11 is 3.55. The lowest BCUT2D eigenvalue weighted by Gasteiger charge is -2.11. The number of aryl methyl sites for hydroxylation is 1. The number of aromatic nitrogens is 2. The minimum Gasteiger partial charge on any atom is -0.493 e. The summed E-state index contributed by atoms with van der Waals surface area (Å²) in [5.41, 5.74) is 4.68. The largest absolute Gasteiger partial charge is 0.493 e. The second kappa shape index (κ2) is 9.13. The number of nitrogens with one attached hydrogen (secondary N) is 1. The molecule has 0 aliphatic rings. The van der Waals surface area contributed by atoms with Gasteiger partial charge in [-0.1, -0.05) is 18.2 Å². The van der Waals surface area contributed by atoms with E-state index < -0.39 is 0 Å². The Morgan fingerprint density at radius 1 is 1.03 bits per heavy atom. The van der Waals surface area contributed by atoms with E-state index in [1.54, 1.807) is 14.2 Å². The average molecular weight is 458 g/mol. The molecule has 1 amide bonds. The van der Waals surface area contributed by atoms with Crippen LogP contribution in [0.4, 0.5) is 0 Å². The van der Waals surface area contributed by atoms with Crippen molar-refractivity contribution in [1.82, 2.24) is 15.1 Å². The predicted octanol–water partition coefficient (Wildman–Crippen LogP) is 4.26. The summed E-state index contributed by atoms with van der Waals surface area (Å²) in [5.74, 6) is 1.17. The van der Waals surface area contributed by atoms with Crippen LogP contribution in [0, 0.1) is 13.8 Å². The SMILES string of the molecule is COc1ccc(CNC(=O)c2ccc(Cn3nc(C)c(Br)c3C)cc2)cc1OC. The Hall–Kier alpha value is -2.80. The van der Waals surface area contributed by atoms with E-state index in [-0.39, 0.29) is 5.91 Å². The molecule has 0 unspecified atom stereocenters. The summed E-state index contributed by atoms with van der Waals surface area (Å²) < 4.78 is 13.5. The van der Waals surface area contributed by atoms with Crippen LogP contribution in [0.15, 0.2) is 46.9 Å². The van der Waals surface area contributed by atoms with Crippen molar-refractivity contribution in [2.75, 3.05) is 14.2 Å². The molecule has 2 aromatic carbocycles. The lowest BCUT2D eigenvalue weighted by atomic mass is 10.1. The fourth-order valence-corrected chi connectivity index (χ4v) is 3.32. The number of amides is 1. The summed E-state index contributed by atoms with van der Waals surface area (Å²) in [4.78, 5) is 12.5. The zero-order valence-electron chi connectivity index (χ0n) is 17.0. The van der Waals surface area contributed by atoms with Crippen molar-refractivity contribution in [3.05, 3.63) is 75.0 Å². The van der Waals surface area contributed by atoms with E-state index >= 15 is 0 Å². The van der Waals surface area contributed by atoms with Crippen molar-refractivity contribution < 1.29 is 14.3 Å². The first-order valence-corrected chi connectivity index (χ1v) is 9.99. The Balaban J connectivity index is 1.62. The fourth-order valence-electron chi connectivity index (χ4n) is 3.04. The van der Waals surface area contributed by atoms with Crippen LogP contribution in [0.2, 0.25) is 0 Å². The summed E-state index contributed by atoms with van der Waals surface area (Å²) in [6, 6.07) is 13.2. The van der Waals surface area contributed by atoms with E-state index in [0.717, 1.165) is 27.0 Å². The lowest BCUT2D eigenvalue weighted by Crippen LogP contribution is -2.22. The molecule has 0 aliphatic carbocycles. The van der Waals surface area contributed by atoms with E-state index in [1.165, 1.54) is 0 Å². The van der Waals surface area contributed by atoms with Gasteiger partial charge < -0.3 is 14.8 Å². The van der Waals surface area contributed by atoms with Gasteiger partial charge in [-0.3, -0.25) is 9.48 Å². The number of hydrogen-bond donors (Lipinski definition) is 1. The number of carbonyl (C=O) groups excluding carboxylic acids is 1. The highest BCUT2D eigenvalue weighted by atomic mass is 79.9. The van der Waals surface area contributed by atoms with Gasteiger partial charge in [-0.05, 0) is 65.2 Å². The zero-order valence-corrected chi connectivity index (χ0v) is 18.5. The molecule has 7 heteroatoms. The second-order valence-corrected chi connectivity index (χ2v) is 7.50. The van der Waals surface area contributed by atoms with Gasteiger partial charge in [-0.2, -0.15) is 5.10 Å². The Morgan fingerprint density at radius 2 is 1.69 bits per heavy atom. The topological polar surface area (TPSA) is 65.4 Å². The van der Waals surface area contributed by atoms with Crippen molar-refractivity contribution in [1.29, 1.82) is 0 Å². The van der Waals surface area contributed by atoms with Gasteiger partial charge in [0.2, 0.25) is 0 Å². The number of rotatable bonds is 7. The number of methoxy groups -OCH3 is 2. The summed E-state index contributed by atoms with van der Waals surface area (Å²) in [7, 11) is 3.18. The van der Waals surface area contributed by atoms with Crippen LogP contribution in [0.3, 0.4) is 0 Å². The third-order valence-electron chi connectivity index (χ3n) is 4.74. The predicted molar refractivity (Wildman–Crippen MR) is 116 cm³/mol. The van der Waals surface area contributed by atoms with Crippen LogP contribution in [0.25, 0.3) is 0 Å². The van der Waals surface area contributed by atoms with Crippen molar-refractivity contribution in [2.45, 2.75) is 26.9 Å². The summed E-state index contributed by atoms with van der Waals surface area (Å²) in [5, 5.41) is 7.46. The van der Waals surface area contributed by atoms with E-state index in [0.29, 0.717) is 30.2 Å². The average Bonchev–Trinajstić information content (AvgIpc) is 2.98. The van der Waals surface area contributed by atoms with Crippen LogP contribution in [0.1, 0.15) is 32.9 Å². The number of halogens is 1. The summed E-state index contributed by atoms with van der Waals surface area (Å²) in [6.45, 7) is 5.06. The minimum absolute atomic E-state index is 0.125. The van der Waals surface area contributed by atoms with Crippen molar-refractivity contribution in [3.63, 3.8) is 0 Å².